The van der Waals surface area contributed by atoms with E-state index in [0.29, 0.717) is 12.2 Å². The number of nitrogen functional groups attached to an aromatic ring is 1. The van der Waals surface area contributed by atoms with Gasteiger partial charge in [-0.2, -0.15) is 0 Å². The maximum absolute atomic E-state index is 13.1. The van der Waals surface area contributed by atoms with Gasteiger partial charge < -0.3 is 16.0 Å². The Kier molecular flexibility index (Phi) is 4.49. The summed E-state index contributed by atoms with van der Waals surface area (Å²) in [5, 5.41) is 2.91. The van der Waals surface area contributed by atoms with Gasteiger partial charge in [0.05, 0.1) is 11.4 Å². The first-order valence-electron chi connectivity index (χ1n) is 5.21. The van der Waals surface area contributed by atoms with E-state index >= 15 is 0 Å². The molecule has 0 aliphatic heterocycles. The lowest BCUT2D eigenvalue weighted by molar-refractivity contribution is 0.367. The molecule has 0 unspecified atom stereocenters. The molecule has 0 aliphatic carbocycles. The zero-order valence-corrected chi connectivity index (χ0v) is 9.56. The second kappa shape index (κ2) is 5.65. The summed E-state index contributed by atoms with van der Waals surface area (Å²) < 4.78 is 26.0. The number of hydrogen-bond acceptors (Lipinski definition) is 3. The minimum atomic E-state index is -0.730. The Morgan fingerprint density at radius 1 is 1.38 bits per heavy atom. The van der Waals surface area contributed by atoms with Crippen LogP contribution in [0.3, 0.4) is 0 Å². The fourth-order valence-electron chi connectivity index (χ4n) is 1.27. The average Bonchev–Trinajstić information content (AvgIpc) is 2.24. The maximum atomic E-state index is 13.1. The van der Waals surface area contributed by atoms with Crippen LogP contribution in [0.2, 0.25) is 0 Å². The molecule has 1 rings (SSSR count). The summed E-state index contributed by atoms with van der Waals surface area (Å²) in [6, 6.07) is 1.98. The third-order valence-electron chi connectivity index (χ3n) is 2.44. The van der Waals surface area contributed by atoms with Crippen molar-refractivity contribution in [1.29, 1.82) is 0 Å². The van der Waals surface area contributed by atoms with Crippen molar-refractivity contribution in [1.82, 2.24) is 4.90 Å². The summed E-state index contributed by atoms with van der Waals surface area (Å²) in [6.45, 7) is 4.34. The highest BCUT2D eigenvalue weighted by atomic mass is 19.1. The molecule has 90 valence electrons. The van der Waals surface area contributed by atoms with Crippen LogP contribution < -0.4 is 11.1 Å². The minimum absolute atomic E-state index is 0.0412. The Hall–Kier alpha value is -1.36. The first-order chi connectivity index (χ1) is 7.54. The minimum Gasteiger partial charge on any atom is -0.395 e. The zero-order valence-electron chi connectivity index (χ0n) is 9.56. The van der Waals surface area contributed by atoms with Crippen LogP contribution in [0, 0.1) is 11.6 Å². The predicted molar refractivity (Wildman–Crippen MR) is 62.4 cm³/mol. The molecule has 0 fully saturated rings. The van der Waals surface area contributed by atoms with Gasteiger partial charge in [0, 0.05) is 19.2 Å². The van der Waals surface area contributed by atoms with Gasteiger partial charge in [-0.05, 0) is 19.7 Å². The Morgan fingerprint density at radius 3 is 2.69 bits per heavy atom. The summed E-state index contributed by atoms with van der Waals surface area (Å²) in [6.07, 6.45) is 0. The van der Waals surface area contributed by atoms with Crippen LogP contribution in [0.15, 0.2) is 12.1 Å². The Morgan fingerprint density at radius 2 is 2.06 bits per heavy atom. The molecule has 0 spiro atoms. The summed E-state index contributed by atoms with van der Waals surface area (Å²) in [7, 11) is 1.97. The SMILES string of the molecule is CCN(C)CCNc1cc(F)cc(F)c1N. The van der Waals surface area contributed by atoms with Gasteiger partial charge in [-0.15, -0.1) is 0 Å². The lowest BCUT2D eigenvalue weighted by Gasteiger charge is -2.15. The lowest BCUT2D eigenvalue weighted by atomic mass is 10.2. The number of halogens is 2. The van der Waals surface area contributed by atoms with E-state index < -0.39 is 11.6 Å². The number of benzene rings is 1. The first kappa shape index (κ1) is 12.7. The van der Waals surface area contributed by atoms with Crippen molar-refractivity contribution in [2.75, 3.05) is 37.7 Å². The molecule has 3 N–H and O–H groups in total. The van der Waals surface area contributed by atoms with Crippen molar-refractivity contribution < 1.29 is 8.78 Å². The largest absolute Gasteiger partial charge is 0.395 e. The van der Waals surface area contributed by atoms with Crippen LogP contribution in [-0.2, 0) is 0 Å². The van der Waals surface area contributed by atoms with E-state index in [0.717, 1.165) is 19.2 Å². The van der Waals surface area contributed by atoms with Crippen LogP contribution in [0.4, 0.5) is 20.2 Å². The van der Waals surface area contributed by atoms with Gasteiger partial charge >= 0.3 is 0 Å². The second-order valence-corrected chi connectivity index (χ2v) is 3.67. The van der Waals surface area contributed by atoms with E-state index in [1.165, 1.54) is 6.07 Å². The van der Waals surface area contributed by atoms with Crippen molar-refractivity contribution in [3.8, 4) is 0 Å². The molecule has 5 heteroatoms. The molecule has 0 saturated heterocycles. The van der Waals surface area contributed by atoms with E-state index in [9.17, 15) is 8.78 Å². The van der Waals surface area contributed by atoms with E-state index in [1.807, 2.05) is 14.0 Å². The van der Waals surface area contributed by atoms with E-state index in [4.69, 9.17) is 5.73 Å². The average molecular weight is 229 g/mol. The van der Waals surface area contributed by atoms with Gasteiger partial charge in [0.2, 0.25) is 0 Å². The molecule has 0 aromatic heterocycles. The summed E-state index contributed by atoms with van der Waals surface area (Å²) >= 11 is 0. The van der Waals surface area contributed by atoms with Gasteiger partial charge in [0.1, 0.15) is 5.82 Å². The number of nitrogens with one attached hydrogen (secondary N) is 1. The van der Waals surface area contributed by atoms with Gasteiger partial charge in [-0.3, -0.25) is 0 Å². The van der Waals surface area contributed by atoms with Crippen molar-refractivity contribution in [3.05, 3.63) is 23.8 Å². The molecule has 0 heterocycles. The van der Waals surface area contributed by atoms with E-state index in [-0.39, 0.29) is 5.69 Å². The van der Waals surface area contributed by atoms with Crippen molar-refractivity contribution in [2.45, 2.75) is 6.92 Å². The number of rotatable bonds is 5. The monoisotopic (exact) mass is 229 g/mol. The fourth-order valence-corrected chi connectivity index (χ4v) is 1.27. The highest BCUT2D eigenvalue weighted by Gasteiger charge is 2.07. The highest BCUT2D eigenvalue weighted by molar-refractivity contribution is 5.66. The predicted octanol–water partition coefficient (Wildman–Crippen LogP) is 1.91. The van der Waals surface area contributed by atoms with Crippen LogP contribution >= 0.6 is 0 Å². The fraction of sp³-hybridized carbons (Fsp3) is 0.455. The van der Waals surface area contributed by atoms with Gasteiger partial charge in [0.15, 0.2) is 5.82 Å². The molecular weight excluding hydrogens is 212 g/mol. The van der Waals surface area contributed by atoms with Crippen LogP contribution in [0.1, 0.15) is 6.92 Å². The standard InChI is InChI=1S/C11H17F2N3/c1-3-16(2)5-4-15-10-7-8(12)6-9(13)11(10)14/h6-7,15H,3-5,14H2,1-2H3. The quantitative estimate of drug-likeness (QED) is 0.758. The summed E-state index contributed by atoms with van der Waals surface area (Å²) in [5.74, 6) is -1.36. The van der Waals surface area contributed by atoms with Gasteiger partial charge in [-0.25, -0.2) is 8.78 Å². The van der Waals surface area contributed by atoms with Gasteiger partial charge in [0.25, 0.3) is 0 Å². The molecule has 1 aromatic rings. The van der Waals surface area contributed by atoms with Crippen LogP contribution in [0.25, 0.3) is 0 Å². The van der Waals surface area contributed by atoms with E-state index in [2.05, 4.69) is 10.2 Å². The Labute approximate surface area is 94.2 Å². The first-order valence-corrected chi connectivity index (χ1v) is 5.21. The third-order valence-corrected chi connectivity index (χ3v) is 2.44. The topological polar surface area (TPSA) is 41.3 Å². The third kappa shape index (κ3) is 3.34. The Balaban J connectivity index is 2.60. The van der Waals surface area contributed by atoms with Crippen LogP contribution in [-0.4, -0.2) is 31.6 Å². The molecule has 0 atom stereocenters. The molecule has 0 amide bonds. The molecule has 0 aliphatic rings. The zero-order chi connectivity index (χ0) is 12.1. The van der Waals surface area contributed by atoms with Crippen molar-refractivity contribution in [2.24, 2.45) is 0 Å². The molecule has 3 nitrogen and oxygen atoms in total. The number of nitrogens with zero attached hydrogens (tertiary/aromatic N) is 1. The van der Waals surface area contributed by atoms with Crippen LogP contribution in [0.5, 0.6) is 0 Å². The number of anilines is 2. The number of hydrogen-bond donors (Lipinski definition) is 2. The molecule has 1 aromatic carbocycles. The molecule has 0 radical (unpaired) electrons. The number of nitrogens with two attached hydrogens (primary N) is 1. The Bertz CT molecular complexity index is 355. The normalized spacial score (nSPS) is 10.8. The summed E-state index contributed by atoms with van der Waals surface area (Å²) in [5.41, 5.74) is 5.75. The smallest absolute Gasteiger partial charge is 0.151 e. The van der Waals surface area contributed by atoms with E-state index in [1.54, 1.807) is 0 Å². The summed E-state index contributed by atoms with van der Waals surface area (Å²) in [4.78, 5) is 2.08. The number of likely N-dealkylation sites (N-methyl/N-ethyl adjacent to an activating group) is 1. The van der Waals surface area contributed by atoms with Crippen molar-refractivity contribution >= 4 is 11.4 Å². The molecule has 0 bridgehead atoms. The molecule has 0 saturated carbocycles. The maximum Gasteiger partial charge on any atom is 0.151 e. The second-order valence-electron chi connectivity index (χ2n) is 3.67. The highest BCUT2D eigenvalue weighted by Crippen LogP contribution is 2.22. The van der Waals surface area contributed by atoms with Gasteiger partial charge in [-0.1, -0.05) is 6.92 Å². The molecular formula is C11H17F2N3. The van der Waals surface area contributed by atoms with Crippen molar-refractivity contribution in [3.63, 3.8) is 0 Å². The lowest BCUT2D eigenvalue weighted by Crippen LogP contribution is -2.25. The molecule has 16 heavy (non-hydrogen) atoms.